The summed E-state index contributed by atoms with van der Waals surface area (Å²) in [6, 6.07) is 7.15. The van der Waals surface area contributed by atoms with E-state index in [0.29, 0.717) is 18.0 Å². The first kappa shape index (κ1) is 23.6. The molecule has 0 bridgehead atoms. The van der Waals surface area contributed by atoms with Gasteiger partial charge in [-0.25, -0.2) is 4.99 Å². The Bertz CT molecular complexity index is 514. The van der Waals surface area contributed by atoms with Gasteiger partial charge < -0.3 is 21.5 Å². The Labute approximate surface area is 167 Å². The van der Waals surface area contributed by atoms with Crippen molar-refractivity contribution in [1.82, 2.24) is 10.6 Å². The Kier molecular flexibility index (Phi) is 13.1. The number of nitrogens with two attached hydrogens (primary N) is 1. The Morgan fingerprint density at radius 3 is 2.40 bits per heavy atom. The molecule has 25 heavy (non-hydrogen) atoms. The summed E-state index contributed by atoms with van der Waals surface area (Å²) in [4.78, 5) is 15.6. The molecule has 1 aromatic rings. The maximum Gasteiger partial charge on any atom is 0.248 e. The highest BCUT2D eigenvalue weighted by atomic mass is 127. The maximum absolute atomic E-state index is 11.1. The minimum atomic E-state index is -0.425. The quantitative estimate of drug-likeness (QED) is 0.244. The number of aliphatic hydroxyl groups is 1. The number of guanidine groups is 1. The number of benzene rings is 1. The Balaban J connectivity index is 0.00000576. The van der Waals surface area contributed by atoms with Gasteiger partial charge in [0.25, 0.3) is 0 Å². The zero-order valence-electron chi connectivity index (χ0n) is 15.1. The largest absolute Gasteiger partial charge is 0.396 e. The SMILES string of the molecule is CCCC(CCO)CNC(=NCc1ccc(C(N)=O)cc1)NCC.I. The second kappa shape index (κ2) is 13.9. The normalized spacial score (nSPS) is 12.2. The summed E-state index contributed by atoms with van der Waals surface area (Å²) >= 11 is 0. The van der Waals surface area contributed by atoms with Gasteiger partial charge in [-0.2, -0.15) is 0 Å². The van der Waals surface area contributed by atoms with E-state index in [4.69, 9.17) is 10.8 Å². The number of primary amides is 1. The van der Waals surface area contributed by atoms with E-state index in [1.165, 1.54) is 0 Å². The highest BCUT2D eigenvalue weighted by Crippen LogP contribution is 2.09. The summed E-state index contributed by atoms with van der Waals surface area (Å²) in [5.74, 6) is 0.778. The molecule has 1 rings (SSSR count). The Hall–Kier alpha value is -1.35. The van der Waals surface area contributed by atoms with E-state index in [9.17, 15) is 4.79 Å². The van der Waals surface area contributed by atoms with Gasteiger partial charge in [-0.15, -0.1) is 24.0 Å². The number of nitrogens with zero attached hydrogens (tertiary/aromatic N) is 1. The van der Waals surface area contributed by atoms with Crippen LogP contribution in [0, 0.1) is 5.92 Å². The summed E-state index contributed by atoms with van der Waals surface area (Å²) in [5.41, 5.74) is 6.75. The molecule has 0 spiro atoms. The predicted molar refractivity (Wildman–Crippen MR) is 113 cm³/mol. The van der Waals surface area contributed by atoms with Crippen LogP contribution in [0.3, 0.4) is 0 Å². The van der Waals surface area contributed by atoms with Crippen molar-refractivity contribution in [1.29, 1.82) is 0 Å². The van der Waals surface area contributed by atoms with Crippen molar-refractivity contribution >= 4 is 35.8 Å². The molecular weight excluding hydrogens is 431 g/mol. The number of nitrogens with one attached hydrogen (secondary N) is 2. The molecule has 0 saturated carbocycles. The summed E-state index contributed by atoms with van der Waals surface area (Å²) in [6.07, 6.45) is 2.99. The molecular formula is C18H31IN4O2. The predicted octanol–water partition coefficient (Wildman–Crippen LogP) is 2.26. The molecule has 0 fully saturated rings. The zero-order valence-corrected chi connectivity index (χ0v) is 17.5. The van der Waals surface area contributed by atoms with Crippen molar-refractivity contribution in [3.05, 3.63) is 35.4 Å². The lowest BCUT2D eigenvalue weighted by Gasteiger charge is -2.18. The van der Waals surface area contributed by atoms with Crippen molar-refractivity contribution in [3.63, 3.8) is 0 Å². The third-order valence-corrected chi connectivity index (χ3v) is 3.79. The first-order chi connectivity index (χ1) is 11.6. The van der Waals surface area contributed by atoms with E-state index in [1.54, 1.807) is 12.1 Å². The van der Waals surface area contributed by atoms with Gasteiger partial charge in [0.2, 0.25) is 5.91 Å². The lowest BCUT2D eigenvalue weighted by atomic mass is 10.0. The number of rotatable bonds is 10. The van der Waals surface area contributed by atoms with Gasteiger partial charge in [-0.1, -0.05) is 25.5 Å². The lowest BCUT2D eigenvalue weighted by molar-refractivity contribution is 0.100. The maximum atomic E-state index is 11.1. The highest BCUT2D eigenvalue weighted by Gasteiger charge is 2.08. The highest BCUT2D eigenvalue weighted by molar-refractivity contribution is 14.0. The number of carbonyl (C=O) groups is 1. The van der Waals surface area contributed by atoms with Crippen LogP contribution in [0.4, 0.5) is 0 Å². The fourth-order valence-electron chi connectivity index (χ4n) is 2.47. The van der Waals surface area contributed by atoms with E-state index in [-0.39, 0.29) is 30.6 Å². The van der Waals surface area contributed by atoms with Gasteiger partial charge in [-0.3, -0.25) is 4.79 Å². The number of hydrogen-bond acceptors (Lipinski definition) is 3. The monoisotopic (exact) mass is 462 g/mol. The molecule has 7 heteroatoms. The van der Waals surface area contributed by atoms with E-state index in [2.05, 4.69) is 22.5 Å². The fourth-order valence-corrected chi connectivity index (χ4v) is 2.47. The molecule has 1 aromatic carbocycles. The Morgan fingerprint density at radius 1 is 1.20 bits per heavy atom. The van der Waals surface area contributed by atoms with E-state index in [1.807, 2.05) is 19.1 Å². The minimum absolute atomic E-state index is 0. The molecule has 0 heterocycles. The summed E-state index contributed by atoms with van der Waals surface area (Å²) in [5, 5.41) is 15.7. The molecule has 0 aliphatic heterocycles. The number of hydrogen-bond donors (Lipinski definition) is 4. The Morgan fingerprint density at radius 2 is 1.88 bits per heavy atom. The van der Waals surface area contributed by atoms with E-state index >= 15 is 0 Å². The average molecular weight is 462 g/mol. The van der Waals surface area contributed by atoms with Gasteiger partial charge in [0.05, 0.1) is 6.54 Å². The summed E-state index contributed by atoms with van der Waals surface area (Å²) < 4.78 is 0. The number of halogens is 1. The molecule has 1 unspecified atom stereocenters. The zero-order chi connectivity index (χ0) is 17.8. The van der Waals surface area contributed by atoms with E-state index < -0.39 is 5.91 Å². The molecule has 142 valence electrons. The van der Waals surface area contributed by atoms with Crippen LogP contribution in [0.2, 0.25) is 0 Å². The van der Waals surface area contributed by atoms with Gasteiger partial charge in [0.1, 0.15) is 0 Å². The summed E-state index contributed by atoms with van der Waals surface area (Å²) in [6.45, 7) is 6.49. The van der Waals surface area contributed by atoms with Crippen LogP contribution in [0.5, 0.6) is 0 Å². The molecule has 1 amide bonds. The number of carbonyl (C=O) groups excluding carboxylic acids is 1. The van der Waals surface area contributed by atoms with Gasteiger partial charge in [0.15, 0.2) is 5.96 Å². The minimum Gasteiger partial charge on any atom is -0.396 e. The second-order valence-electron chi connectivity index (χ2n) is 5.80. The van der Waals surface area contributed by atoms with Crippen LogP contribution in [0.15, 0.2) is 29.3 Å². The number of amides is 1. The van der Waals surface area contributed by atoms with Crippen LogP contribution in [-0.4, -0.2) is 36.7 Å². The van der Waals surface area contributed by atoms with Crippen LogP contribution < -0.4 is 16.4 Å². The average Bonchev–Trinajstić information content (AvgIpc) is 2.58. The van der Waals surface area contributed by atoms with Crippen molar-refractivity contribution in [2.24, 2.45) is 16.6 Å². The third-order valence-electron chi connectivity index (χ3n) is 3.79. The van der Waals surface area contributed by atoms with Crippen molar-refractivity contribution in [2.75, 3.05) is 19.7 Å². The summed E-state index contributed by atoms with van der Waals surface area (Å²) in [7, 11) is 0. The molecule has 1 atom stereocenters. The first-order valence-corrected chi connectivity index (χ1v) is 8.62. The fraction of sp³-hybridized carbons (Fsp3) is 0.556. The molecule has 5 N–H and O–H groups in total. The molecule has 0 saturated heterocycles. The lowest BCUT2D eigenvalue weighted by Crippen LogP contribution is -2.40. The molecule has 0 radical (unpaired) electrons. The van der Waals surface area contributed by atoms with Crippen LogP contribution in [0.1, 0.15) is 49.0 Å². The first-order valence-electron chi connectivity index (χ1n) is 8.62. The molecule has 0 aliphatic rings. The van der Waals surface area contributed by atoms with Crippen molar-refractivity contribution in [2.45, 2.75) is 39.7 Å². The third kappa shape index (κ3) is 9.64. The second-order valence-corrected chi connectivity index (χ2v) is 5.80. The standard InChI is InChI=1S/C18H30N4O2.HI/c1-3-5-14(10-11-23)12-21-18(20-4-2)22-13-15-6-8-16(9-7-15)17(19)24;/h6-9,14,23H,3-5,10-13H2,1-2H3,(H2,19,24)(H2,20,21,22);1H. The van der Waals surface area contributed by atoms with Crippen LogP contribution in [0.25, 0.3) is 0 Å². The molecule has 6 nitrogen and oxygen atoms in total. The van der Waals surface area contributed by atoms with Crippen molar-refractivity contribution < 1.29 is 9.90 Å². The van der Waals surface area contributed by atoms with Crippen LogP contribution in [-0.2, 0) is 6.54 Å². The van der Waals surface area contributed by atoms with Gasteiger partial charge in [0, 0.05) is 25.3 Å². The van der Waals surface area contributed by atoms with Crippen molar-refractivity contribution in [3.8, 4) is 0 Å². The number of aliphatic hydroxyl groups excluding tert-OH is 1. The topological polar surface area (TPSA) is 99.7 Å². The molecule has 0 aromatic heterocycles. The number of aliphatic imine (C=N–C) groups is 1. The molecule has 0 aliphatic carbocycles. The smallest absolute Gasteiger partial charge is 0.248 e. The van der Waals surface area contributed by atoms with Gasteiger partial charge >= 0.3 is 0 Å². The van der Waals surface area contributed by atoms with Crippen LogP contribution >= 0.6 is 24.0 Å². The van der Waals surface area contributed by atoms with Gasteiger partial charge in [-0.05, 0) is 43.4 Å². The van der Waals surface area contributed by atoms with E-state index in [0.717, 1.165) is 43.9 Å².